The van der Waals surface area contributed by atoms with Crippen molar-refractivity contribution in [3.63, 3.8) is 0 Å². The molecule has 1 fully saturated rings. The van der Waals surface area contributed by atoms with E-state index < -0.39 is 15.1 Å². The van der Waals surface area contributed by atoms with Crippen molar-refractivity contribution in [2.45, 2.75) is 17.4 Å². The molecular formula is C23H20N2O5S. The predicted molar refractivity (Wildman–Crippen MR) is 115 cm³/mol. The molecule has 1 unspecified atom stereocenters. The van der Waals surface area contributed by atoms with Gasteiger partial charge in [0, 0.05) is 24.2 Å². The number of likely N-dealkylation sites (tertiary alicyclic amines) is 1. The van der Waals surface area contributed by atoms with Gasteiger partial charge in [0.2, 0.25) is 0 Å². The molecule has 0 radical (unpaired) electrons. The topological polar surface area (TPSA) is 93.6 Å². The maximum absolute atomic E-state index is 13.1. The summed E-state index contributed by atoms with van der Waals surface area (Å²) in [6.45, 7) is 0.573. The van der Waals surface area contributed by atoms with E-state index in [0.717, 1.165) is 10.9 Å². The van der Waals surface area contributed by atoms with Crippen LogP contribution in [0.25, 0.3) is 22.2 Å². The Balaban J connectivity index is 1.37. The van der Waals surface area contributed by atoms with E-state index >= 15 is 0 Å². The summed E-state index contributed by atoms with van der Waals surface area (Å²) in [5.41, 5.74) is 2.02. The number of furan rings is 1. The SMILES string of the molecule is O=C(c1ccc2noc(-c3ccccc3)c2c1)N1CCC(S(=O)(=O)Cc2ccco2)C1. The lowest BCUT2D eigenvalue weighted by atomic mass is 10.1. The second kappa shape index (κ2) is 7.70. The first kappa shape index (κ1) is 19.6. The summed E-state index contributed by atoms with van der Waals surface area (Å²) in [6.07, 6.45) is 1.87. The van der Waals surface area contributed by atoms with E-state index in [1.54, 1.807) is 35.2 Å². The Morgan fingerprint density at radius 3 is 2.71 bits per heavy atom. The van der Waals surface area contributed by atoms with Crippen LogP contribution in [0.4, 0.5) is 0 Å². The molecule has 0 aliphatic carbocycles. The van der Waals surface area contributed by atoms with E-state index in [1.165, 1.54) is 6.26 Å². The van der Waals surface area contributed by atoms with Crippen molar-refractivity contribution in [3.8, 4) is 11.3 Å². The molecular weight excluding hydrogens is 416 g/mol. The van der Waals surface area contributed by atoms with Crippen molar-refractivity contribution < 1.29 is 22.2 Å². The first-order valence-electron chi connectivity index (χ1n) is 9.99. The van der Waals surface area contributed by atoms with Gasteiger partial charge in [-0.2, -0.15) is 0 Å². The maximum Gasteiger partial charge on any atom is 0.253 e. The molecule has 1 amide bonds. The minimum atomic E-state index is -3.41. The van der Waals surface area contributed by atoms with Crippen LogP contribution in [-0.2, 0) is 15.6 Å². The van der Waals surface area contributed by atoms with Gasteiger partial charge in [0.05, 0.1) is 16.9 Å². The Morgan fingerprint density at radius 2 is 1.94 bits per heavy atom. The third-order valence-corrected chi connectivity index (χ3v) is 7.71. The standard InChI is InChI=1S/C23H20N2O5S/c26-23(25-11-10-19(14-25)31(27,28)15-18-7-4-12-29-18)17-8-9-21-20(13-17)22(30-24-21)16-5-2-1-3-6-16/h1-9,12-13,19H,10-11,14-15H2. The maximum atomic E-state index is 13.1. The Morgan fingerprint density at radius 1 is 1.10 bits per heavy atom. The van der Waals surface area contributed by atoms with Gasteiger partial charge in [0.25, 0.3) is 5.91 Å². The Hall–Kier alpha value is -3.39. The zero-order valence-electron chi connectivity index (χ0n) is 16.6. The Bertz CT molecular complexity index is 1330. The number of sulfone groups is 1. The fraction of sp³-hybridized carbons (Fsp3) is 0.217. The molecule has 1 aliphatic rings. The van der Waals surface area contributed by atoms with Crippen LogP contribution in [0.3, 0.4) is 0 Å². The lowest BCUT2D eigenvalue weighted by Crippen LogP contribution is -2.32. The Labute approximate surface area is 179 Å². The van der Waals surface area contributed by atoms with Crippen molar-refractivity contribution in [1.29, 1.82) is 0 Å². The van der Waals surface area contributed by atoms with E-state index in [1.807, 2.05) is 30.3 Å². The fourth-order valence-corrected chi connectivity index (χ4v) is 5.64. The van der Waals surface area contributed by atoms with Crippen LogP contribution in [-0.4, -0.2) is 42.7 Å². The zero-order chi connectivity index (χ0) is 21.4. The van der Waals surface area contributed by atoms with E-state index in [9.17, 15) is 13.2 Å². The van der Waals surface area contributed by atoms with Crippen LogP contribution < -0.4 is 0 Å². The van der Waals surface area contributed by atoms with E-state index in [0.29, 0.717) is 35.6 Å². The van der Waals surface area contributed by atoms with Crippen molar-refractivity contribution in [1.82, 2.24) is 10.1 Å². The molecule has 31 heavy (non-hydrogen) atoms. The molecule has 5 rings (SSSR count). The monoisotopic (exact) mass is 436 g/mol. The number of carbonyl (C=O) groups is 1. The van der Waals surface area contributed by atoms with Crippen molar-refractivity contribution in [3.05, 3.63) is 78.3 Å². The quantitative estimate of drug-likeness (QED) is 0.471. The highest BCUT2D eigenvalue weighted by Gasteiger charge is 2.36. The van der Waals surface area contributed by atoms with Gasteiger partial charge in [-0.1, -0.05) is 35.5 Å². The number of hydrogen-bond donors (Lipinski definition) is 0. The second-order valence-electron chi connectivity index (χ2n) is 7.66. The highest BCUT2D eigenvalue weighted by atomic mass is 32.2. The van der Waals surface area contributed by atoms with E-state index in [-0.39, 0.29) is 18.2 Å². The van der Waals surface area contributed by atoms with Crippen LogP contribution in [0, 0.1) is 0 Å². The average molecular weight is 436 g/mol. The molecule has 0 saturated carbocycles. The van der Waals surface area contributed by atoms with Gasteiger partial charge in [-0.3, -0.25) is 4.79 Å². The molecule has 8 heteroatoms. The van der Waals surface area contributed by atoms with Gasteiger partial charge in [0.1, 0.15) is 17.0 Å². The minimum Gasteiger partial charge on any atom is -0.468 e. The second-order valence-corrected chi connectivity index (χ2v) is 9.94. The number of benzene rings is 2. The minimum absolute atomic E-state index is 0.153. The number of nitrogens with zero attached hydrogens (tertiary/aromatic N) is 2. The molecule has 2 aromatic carbocycles. The van der Waals surface area contributed by atoms with Gasteiger partial charge < -0.3 is 13.8 Å². The summed E-state index contributed by atoms with van der Waals surface area (Å²) < 4.78 is 36.1. The number of rotatable bonds is 5. The highest BCUT2D eigenvalue weighted by Crippen LogP contribution is 2.30. The predicted octanol–water partition coefficient (Wildman–Crippen LogP) is 3.92. The van der Waals surface area contributed by atoms with Gasteiger partial charge in [-0.25, -0.2) is 8.42 Å². The van der Waals surface area contributed by atoms with Crippen molar-refractivity contribution in [2.24, 2.45) is 0 Å². The summed E-state index contributed by atoms with van der Waals surface area (Å²) in [4.78, 5) is 14.7. The van der Waals surface area contributed by atoms with Crippen LogP contribution in [0.2, 0.25) is 0 Å². The number of fused-ring (bicyclic) bond motifs is 1. The Kier molecular flexibility index (Phi) is 4.86. The van der Waals surface area contributed by atoms with Crippen molar-refractivity contribution >= 4 is 26.6 Å². The molecule has 0 N–H and O–H groups in total. The normalized spacial score (nSPS) is 16.8. The third-order valence-electron chi connectivity index (χ3n) is 5.62. The lowest BCUT2D eigenvalue weighted by Gasteiger charge is -2.16. The highest BCUT2D eigenvalue weighted by molar-refractivity contribution is 7.91. The number of aromatic nitrogens is 1. The smallest absolute Gasteiger partial charge is 0.253 e. The molecule has 158 valence electrons. The molecule has 2 aromatic heterocycles. The molecule has 7 nitrogen and oxygen atoms in total. The summed E-state index contributed by atoms with van der Waals surface area (Å²) in [5.74, 6) is 0.666. The third kappa shape index (κ3) is 3.74. The summed E-state index contributed by atoms with van der Waals surface area (Å²) in [6, 6.07) is 18.1. The van der Waals surface area contributed by atoms with Crippen LogP contribution >= 0.6 is 0 Å². The van der Waals surface area contributed by atoms with Gasteiger partial charge in [-0.15, -0.1) is 0 Å². The van der Waals surface area contributed by atoms with Crippen LogP contribution in [0.15, 0.2) is 75.9 Å². The summed E-state index contributed by atoms with van der Waals surface area (Å²) in [5, 5.41) is 4.24. The van der Waals surface area contributed by atoms with Crippen LogP contribution in [0.5, 0.6) is 0 Å². The van der Waals surface area contributed by atoms with Gasteiger partial charge in [0.15, 0.2) is 15.6 Å². The number of hydrogen-bond acceptors (Lipinski definition) is 6. The van der Waals surface area contributed by atoms with Crippen molar-refractivity contribution in [2.75, 3.05) is 13.1 Å². The molecule has 4 aromatic rings. The molecule has 3 heterocycles. The van der Waals surface area contributed by atoms with E-state index in [2.05, 4.69) is 5.16 Å². The molecule has 0 bridgehead atoms. The largest absolute Gasteiger partial charge is 0.468 e. The lowest BCUT2D eigenvalue weighted by molar-refractivity contribution is 0.0793. The first-order valence-corrected chi connectivity index (χ1v) is 11.7. The molecule has 1 saturated heterocycles. The summed E-state index contributed by atoms with van der Waals surface area (Å²) in [7, 11) is -3.41. The first-order chi connectivity index (χ1) is 15.0. The van der Waals surface area contributed by atoms with Crippen LogP contribution in [0.1, 0.15) is 22.5 Å². The number of amides is 1. The van der Waals surface area contributed by atoms with E-state index in [4.69, 9.17) is 8.94 Å². The van der Waals surface area contributed by atoms with Gasteiger partial charge in [-0.05, 0) is 36.8 Å². The summed E-state index contributed by atoms with van der Waals surface area (Å²) >= 11 is 0. The molecule has 0 spiro atoms. The van der Waals surface area contributed by atoms with Gasteiger partial charge >= 0.3 is 0 Å². The molecule has 1 aliphatic heterocycles. The average Bonchev–Trinajstić information content (AvgIpc) is 3.53. The number of carbonyl (C=O) groups excluding carboxylic acids is 1. The zero-order valence-corrected chi connectivity index (χ0v) is 17.4. The fourth-order valence-electron chi connectivity index (χ4n) is 3.97. The molecule has 1 atom stereocenters.